The number of anilines is 2. The Bertz CT molecular complexity index is 732. The van der Waals surface area contributed by atoms with Crippen LogP contribution in [0, 0.1) is 20.8 Å². The maximum atomic E-state index is 12.3. The van der Waals surface area contributed by atoms with Crippen molar-refractivity contribution < 1.29 is 4.79 Å². The molecule has 1 aromatic heterocycles. The topological polar surface area (TPSA) is 66.9 Å². The highest BCUT2D eigenvalue weighted by atomic mass is 16.2. The number of hydrogen-bond donors (Lipinski definition) is 2. The third-order valence-corrected chi connectivity index (χ3v) is 3.43. The van der Waals surface area contributed by atoms with Crippen LogP contribution in [0.1, 0.15) is 48.1 Å². The van der Waals surface area contributed by atoms with E-state index in [1.54, 1.807) is 6.07 Å². The van der Waals surface area contributed by atoms with Crippen molar-refractivity contribution in [3.8, 4) is 0 Å². The monoisotopic (exact) mass is 312 g/mol. The van der Waals surface area contributed by atoms with Crippen molar-refractivity contribution in [1.29, 1.82) is 0 Å². The number of carbonyl (C=O) groups is 1. The van der Waals surface area contributed by atoms with Gasteiger partial charge in [-0.1, -0.05) is 12.1 Å². The number of aromatic nitrogens is 2. The molecule has 5 heteroatoms. The van der Waals surface area contributed by atoms with Gasteiger partial charge in [0.25, 0.3) is 5.91 Å². The fraction of sp³-hybridized carbons (Fsp3) is 0.389. The molecule has 1 amide bonds. The highest BCUT2D eigenvalue weighted by Gasteiger charge is 2.17. The largest absolute Gasteiger partial charge is 0.346 e. The SMILES string of the molecule is Cc1cc(C(=O)NC(C)(C)C)nc(Nc2cccc(C)c2C)n1. The first kappa shape index (κ1) is 16.9. The summed E-state index contributed by atoms with van der Waals surface area (Å²) < 4.78 is 0. The van der Waals surface area contributed by atoms with Gasteiger partial charge in [0.05, 0.1) is 0 Å². The maximum absolute atomic E-state index is 12.3. The smallest absolute Gasteiger partial charge is 0.270 e. The van der Waals surface area contributed by atoms with Crippen LogP contribution in [0.5, 0.6) is 0 Å². The molecule has 1 aromatic carbocycles. The average molecular weight is 312 g/mol. The quantitative estimate of drug-likeness (QED) is 0.907. The summed E-state index contributed by atoms with van der Waals surface area (Å²) in [6.07, 6.45) is 0. The molecule has 0 aliphatic rings. The third-order valence-electron chi connectivity index (χ3n) is 3.43. The van der Waals surface area contributed by atoms with Crippen molar-refractivity contribution in [2.75, 3.05) is 5.32 Å². The Labute approximate surface area is 137 Å². The van der Waals surface area contributed by atoms with Crippen LogP contribution in [0.15, 0.2) is 24.3 Å². The molecule has 0 spiro atoms. The summed E-state index contributed by atoms with van der Waals surface area (Å²) in [5.74, 6) is 0.227. The highest BCUT2D eigenvalue weighted by Crippen LogP contribution is 2.21. The van der Waals surface area contributed by atoms with Gasteiger partial charge in [-0.15, -0.1) is 0 Å². The highest BCUT2D eigenvalue weighted by molar-refractivity contribution is 5.93. The molecule has 122 valence electrons. The first-order valence-electron chi connectivity index (χ1n) is 7.67. The van der Waals surface area contributed by atoms with Gasteiger partial charge in [0, 0.05) is 16.9 Å². The minimum atomic E-state index is -0.309. The third kappa shape index (κ3) is 4.52. The molecule has 0 aliphatic heterocycles. The molecule has 5 nitrogen and oxygen atoms in total. The zero-order valence-corrected chi connectivity index (χ0v) is 14.6. The Morgan fingerprint density at radius 3 is 2.43 bits per heavy atom. The molecular formula is C18H24N4O. The van der Waals surface area contributed by atoms with Crippen molar-refractivity contribution in [3.05, 3.63) is 46.8 Å². The molecule has 1 heterocycles. The molecule has 0 saturated heterocycles. The summed E-state index contributed by atoms with van der Waals surface area (Å²) in [6, 6.07) is 7.70. The van der Waals surface area contributed by atoms with Crippen LogP contribution < -0.4 is 10.6 Å². The minimum Gasteiger partial charge on any atom is -0.346 e. The fourth-order valence-electron chi connectivity index (χ4n) is 2.15. The summed E-state index contributed by atoms with van der Waals surface area (Å²) in [5.41, 5.74) is 4.06. The van der Waals surface area contributed by atoms with Crippen molar-refractivity contribution in [2.24, 2.45) is 0 Å². The van der Waals surface area contributed by atoms with E-state index in [2.05, 4.69) is 33.6 Å². The second-order valence-electron chi connectivity index (χ2n) is 6.79. The van der Waals surface area contributed by atoms with Crippen LogP contribution in [-0.4, -0.2) is 21.4 Å². The predicted octanol–water partition coefficient (Wildman–Crippen LogP) is 3.67. The molecule has 0 saturated carbocycles. The number of benzene rings is 1. The number of nitrogens with one attached hydrogen (secondary N) is 2. The summed E-state index contributed by atoms with van der Waals surface area (Å²) in [6.45, 7) is 11.8. The van der Waals surface area contributed by atoms with E-state index in [0.717, 1.165) is 16.9 Å². The molecule has 0 radical (unpaired) electrons. The van der Waals surface area contributed by atoms with Crippen LogP contribution in [-0.2, 0) is 0 Å². The molecule has 23 heavy (non-hydrogen) atoms. The zero-order valence-electron chi connectivity index (χ0n) is 14.6. The van der Waals surface area contributed by atoms with Crippen molar-refractivity contribution in [3.63, 3.8) is 0 Å². The lowest BCUT2D eigenvalue weighted by Crippen LogP contribution is -2.41. The van der Waals surface area contributed by atoms with Crippen LogP contribution in [0.3, 0.4) is 0 Å². The van der Waals surface area contributed by atoms with E-state index >= 15 is 0 Å². The zero-order chi connectivity index (χ0) is 17.2. The van der Waals surface area contributed by atoms with Gasteiger partial charge in [0.2, 0.25) is 5.95 Å². The van der Waals surface area contributed by atoms with Gasteiger partial charge in [0.1, 0.15) is 5.69 Å². The number of amides is 1. The molecule has 0 bridgehead atoms. The molecule has 2 rings (SSSR count). The Kier molecular flexibility index (Phi) is 4.68. The summed E-state index contributed by atoms with van der Waals surface area (Å²) in [4.78, 5) is 21.0. The number of aryl methyl sites for hydroxylation is 2. The Morgan fingerprint density at radius 1 is 1.09 bits per heavy atom. The van der Waals surface area contributed by atoms with E-state index in [0.29, 0.717) is 11.6 Å². The Balaban J connectivity index is 2.30. The van der Waals surface area contributed by atoms with Crippen LogP contribution >= 0.6 is 0 Å². The second-order valence-corrected chi connectivity index (χ2v) is 6.79. The average Bonchev–Trinajstić information content (AvgIpc) is 2.41. The van der Waals surface area contributed by atoms with Crippen molar-refractivity contribution in [2.45, 2.75) is 47.1 Å². The molecule has 0 atom stereocenters. The second kappa shape index (κ2) is 6.36. The van der Waals surface area contributed by atoms with E-state index in [-0.39, 0.29) is 11.4 Å². The van der Waals surface area contributed by atoms with E-state index in [9.17, 15) is 4.79 Å². The molecule has 0 unspecified atom stereocenters. The molecule has 0 aliphatic carbocycles. The van der Waals surface area contributed by atoms with Gasteiger partial charge < -0.3 is 10.6 Å². The Hall–Kier alpha value is -2.43. The maximum Gasteiger partial charge on any atom is 0.270 e. The predicted molar refractivity (Wildman–Crippen MR) is 93.2 cm³/mol. The molecule has 2 N–H and O–H groups in total. The standard InChI is InChI=1S/C18H24N4O/c1-11-8-7-9-14(13(11)3)20-17-19-12(2)10-15(21-17)16(23)22-18(4,5)6/h7-10H,1-6H3,(H,22,23)(H,19,20,21). The number of rotatable bonds is 3. The fourth-order valence-corrected chi connectivity index (χ4v) is 2.15. The summed E-state index contributed by atoms with van der Waals surface area (Å²) in [5, 5.41) is 6.13. The molecular weight excluding hydrogens is 288 g/mol. The van der Waals surface area contributed by atoms with Crippen molar-refractivity contribution in [1.82, 2.24) is 15.3 Å². The van der Waals surface area contributed by atoms with E-state index in [1.165, 1.54) is 5.56 Å². The first-order valence-corrected chi connectivity index (χ1v) is 7.67. The lowest BCUT2D eigenvalue weighted by molar-refractivity contribution is 0.0914. The van der Waals surface area contributed by atoms with E-state index in [4.69, 9.17) is 0 Å². The molecule has 2 aromatic rings. The summed E-state index contributed by atoms with van der Waals surface area (Å²) in [7, 11) is 0. The van der Waals surface area contributed by atoms with Crippen LogP contribution in [0.25, 0.3) is 0 Å². The van der Waals surface area contributed by atoms with Gasteiger partial charge in [-0.25, -0.2) is 9.97 Å². The van der Waals surface area contributed by atoms with Gasteiger partial charge in [-0.05, 0) is 64.8 Å². The van der Waals surface area contributed by atoms with Gasteiger partial charge >= 0.3 is 0 Å². The van der Waals surface area contributed by atoms with Gasteiger partial charge in [-0.2, -0.15) is 0 Å². The summed E-state index contributed by atoms with van der Waals surface area (Å²) >= 11 is 0. The van der Waals surface area contributed by atoms with Crippen LogP contribution in [0.4, 0.5) is 11.6 Å². The van der Waals surface area contributed by atoms with Crippen molar-refractivity contribution >= 4 is 17.5 Å². The number of carbonyl (C=O) groups excluding carboxylic acids is 1. The van der Waals surface area contributed by atoms with Gasteiger partial charge in [0.15, 0.2) is 0 Å². The molecule has 0 fully saturated rings. The minimum absolute atomic E-state index is 0.202. The lowest BCUT2D eigenvalue weighted by atomic mass is 10.1. The normalized spacial score (nSPS) is 11.2. The van der Waals surface area contributed by atoms with E-state index in [1.807, 2.05) is 46.8 Å². The number of hydrogen-bond acceptors (Lipinski definition) is 4. The van der Waals surface area contributed by atoms with E-state index < -0.39 is 0 Å². The number of nitrogens with zero attached hydrogens (tertiary/aromatic N) is 2. The van der Waals surface area contributed by atoms with Crippen LogP contribution in [0.2, 0.25) is 0 Å². The Morgan fingerprint density at radius 2 is 1.78 bits per heavy atom. The lowest BCUT2D eigenvalue weighted by Gasteiger charge is -2.20. The van der Waals surface area contributed by atoms with Gasteiger partial charge in [-0.3, -0.25) is 4.79 Å². The first-order chi connectivity index (χ1) is 10.7.